The van der Waals surface area contributed by atoms with E-state index >= 15 is 0 Å². The van der Waals surface area contributed by atoms with Crippen LogP contribution in [0.15, 0.2) is 24.3 Å². The Balaban J connectivity index is 2.87. The van der Waals surface area contributed by atoms with Crippen molar-refractivity contribution < 1.29 is 18.0 Å². The summed E-state index contributed by atoms with van der Waals surface area (Å²) in [5, 5.41) is 0. The van der Waals surface area contributed by atoms with Gasteiger partial charge in [-0.05, 0) is 31.0 Å². The highest BCUT2D eigenvalue weighted by atomic mass is 19.4. The Bertz CT molecular complexity index is 474. The van der Waals surface area contributed by atoms with Crippen molar-refractivity contribution in [2.24, 2.45) is 0 Å². The summed E-state index contributed by atoms with van der Waals surface area (Å²) in [4.78, 5) is 13.2. The summed E-state index contributed by atoms with van der Waals surface area (Å²) < 4.78 is 37.8. The smallest absolute Gasteiger partial charge is 0.399 e. The molecule has 0 fully saturated rings. The first kappa shape index (κ1) is 17.3. The second kappa shape index (κ2) is 7.33. The normalized spacial score (nSPS) is 13.0. The van der Waals surface area contributed by atoms with Gasteiger partial charge < -0.3 is 10.6 Å². The molecule has 0 bridgehead atoms. The quantitative estimate of drug-likeness (QED) is 0.817. The number of halogens is 3. The van der Waals surface area contributed by atoms with Gasteiger partial charge in [-0.15, -0.1) is 0 Å². The summed E-state index contributed by atoms with van der Waals surface area (Å²) in [6.45, 7) is 2.38. The van der Waals surface area contributed by atoms with Gasteiger partial charge in [0.05, 0.1) is 5.92 Å². The number of carbonyl (C=O) groups is 1. The van der Waals surface area contributed by atoms with Crippen molar-refractivity contribution in [1.29, 1.82) is 0 Å². The molecule has 0 aliphatic heterocycles. The summed E-state index contributed by atoms with van der Waals surface area (Å²) >= 11 is 0. The molecular formula is C15H21F3N2O. The molecule has 0 saturated heterocycles. The molecule has 0 spiro atoms. The fourth-order valence-electron chi connectivity index (χ4n) is 2.08. The zero-order valence-corrected chi connectivity index (χ0v) is 12.3. The van der Waals surface area contributed by atoms with E-state index in [2.05, 4.69) is 0 Å². The molecule has 0 heterocycles. The Morgan fingerprint density at radius 1 is 1.38 bits per heavy atom. The maximum absolute atomic E-state index is 12.6. The molecule has 1 amide bonds. The molecule has 0 radical (unpaired) electrons. The molecule has 6 heteroatoms. The number of alkyl halides is 3. The predicted molar refractivity (Wildman–Crippen MR) is 76.8 cm³/mol. The first-order chi connectivity index (χ1) is 9.74. The summed E-state index contributed by atoms with van der Waals surface area (Å²) in [5.41, 5.74) is 6.77. The first-order valence-electron chi connectivity index (χ1n) is 6.95. The van der Waals surface area contributed by atoms with Gasteiger partial charge >= 0.3 is 6.18 Å². The van der Waals surface area contributed by atoms with Crippen LogP contribution >= 0.6 is 0 Å². The zero-order chi connectivity index (χ0) is 16.0. The van der Waals surface area contributed by atoms with E-state index in [4.69, 9.17) is 5.73 Å². The maximum Gasteiger partial charge on any atom is 0.406 e. The first-order valence-corrected chi connectivity index (χ1v) is 6.95. The van der Waals surface area contributed by atoms with Gasteiger partial charge in [-0.25, -0.2) is 0 Å². The predicted octanol–water partition coefficient (Wildman–Crippen LogP) is 3.56. The van der Waals surface area contributed by atoms with E-state index in [1.165, 1.54) is 0 Å². The second-order valence-corrected chi connectivity index (χ2v) is 5.12. The number of rotatable bonds is 6. The van der Waals surface area contributed by atoms with E-state index in [-0.39, 0.29) is 6.54 Å². The van der Waals surface area contributed by atoms with Crippen LogP contribution < -0.4 is 5.73 Å². The highest BCUT2D eigenvalue weighted by molar-refractivity contribution is 5.83. The van der Waals surface area contributed by atoms with Crippen molar-refractivity contribution >= 4 is 11.6 Å². The van der Waals surface area contributed by atoms with Crippen LogP contribution in [0, 0.1) is 0 Å². The molecule has 1 rings (SSSR count). The van der Waals surface area contributed by atoms with E-state index in [1.807, 2.05) is 6.92 Å². The fourth-order valence-corrected chi connectivity index (χ4v) is 2.08. The van der Waals surface area contributed by atoms with E-state index in [9.17, 15) is 18.0 Å². The third-order valence-corrected chi connectivity index (χ3v) is 3.24. The van der Waals surface area contributed by atoms with Crippen LogP contribution in [0.3, 0.4) is 0 Å². The summed E-state index contributed by atoms with van der Waals surface area (Å²) in [5.74, 6) is -1.17. The van der Waals surface area contributed by atoms with Crippen molar-refractivity contribution in [1.82, 2.24) is 4.90 Å². The molecule has 1 unspecified atom stereocenters. The number of unbranched alkanes of at least 4 members (excludes halogenated alkanes) is 1. The van der Waals surface area contributed by atoms with Crippen molar-refractivity contribution in [2.75, 3.05) is 18.8 Å². The number of nitrogen functional groups attached to an aromatic ring is 1. The largest absolute Gasteiger partial charge is 0.406 e. The van der Waals surface area contributed by atoms with Gasteiger partial charge in [0.1, 0.15) is 6.54 Å². The minimum atomic E-state index is -4.39. The number of carbonyl (C=O) groups excluding carboxylic acids is 1. The molecule has 1 aromatic rings. The maximum atomic E-state index is 12.6. The van der Waals surface area contributed by atoms with Crippen LogP contribution in [0.1, 0.15) is 38.2 Å². The second-order valence-electron chi connectivity index (χ2n) is 5.12. The highest BCUT2D eigenvalue weighted by Crippen LogP contribution is 2.23. The average Bonchev–Trinajstić information content (AvgIpc) is 2.40. The Labute approximate surface area is 122 Å². The van der Waals surface area contributed by atoms with Gasteiger partial charge in [0.15, 0.2) is 0 Å². The number of hydrogen-bond acceptors (Lipinski definition) is 2. The van der Waals surface area contributed by atoms with Gasteiger partial charge in [0.25, 0.3) is 0 Å². The minimum absolute atomic E-state index is 0.113. The third-order valence-electron chi connectivity index (χ3n) is 3.24. The molecule has 3 nitrogen and oxygen atoms in total. The standard InChI is InChI=1S/C15H21F3N2O/c1-3-4-8-20(10-15(16,17)18)14(21)11(2)12-6-5-7-13(19)9-12/h5-7,9,11H,3-4,8,10,19H2,1-2H3. The van der Waals surface area contributed by atoms with Crippen molar-refractivity contribution in [3.8, 4) is 0 Å². The molecule has 2 N–H and O–H groups in total. The number of benzene rings is 1. The summed E-state index contributed by atoms with van der Waals surface area (Å²) in [7, 11) is 0. The van der Waals surface area contributed by atoms with Crippen LogP contribution in [0.2, 0.25) is 0 Å². The lowest BCUT2D eigenvalue weighted by Gasteiger charge is -2.27. The van der Waals surface area contributed by atoms with Gasteiger partial charge in [-0.2, -0.15) is 13.2 Å². The minimum Gasteiger partial charge on any atom is -0.399 e. The van der Waals surface area contributed by atoms with Gasteiger partial charge in [0, 0.05) is 12.2 Å². The monoisotopic (exact) mass is 302 g/mol. The molecule has 0 aliphatic carbocycles. The molecular weight excluding hydrogens is 281 g/mol. The number of anilines is 1. The van der Waals surface area contributed by atoms with Gasteiger partial charge in [-0.3, -0.25) is 4.79 Å². The molecule has 1 aromatic carbocycles. The lowest BCUT2D eigenvalue weighted by Crippen LogP contribution is -2.41. The fraction of sp³-hybridized carbons (Fsp3) is 0.533. The van der Waals surface area contributed by atoms with Gasteiger partial charge in [-0.1, -0.05) is 25.5 Å². The van der Waals surface area contributed by atoms with Crippen molar-refractivity contribution in [3.05, 3.63) is 29.8 Å². The lowest BCUT2D eigenvalue weighted by atomic mass is 9.99. The Morgan fingerprint density at radius 2 is 2.05 bits per heavy atom. The summed E-state index contributed by atoms with van der Waals surface area (Å²) in [6, 6.07) is 6.68. The van der Waals surface area contributed by atoms with Crippen LogP contribution in [-0.4, -0.2) is 30.1 Å². The van der Waals surface area contributed by atoms with Crippen molar-refractivity contribution in [3.63, 3.8) is 0 Å². The Kier molecular flexibility index (Phi) is 6.05. The molecule has 21 heavy (non-hydrogen) atoms. The molecule has 0 aromatic heterocycles. The van der Waals surface area contributed by atoms with E-state index in [0.29, 0.717) is 17.7 Å². The van der Waals surface area contributed by atoms with Crippen molar-refractivity contribution in [2.45, 2.75) is 38.8 Å². The molecule has 0 saturated carbocycles. The molecule has 1 atom stereocenters. The Morgan fingerprint density at radius 3 is 2.57 bits per heavy atom. The number of nitrogens with two attached hydrogens (primary N) is 1. The number of amides is 1. The number of hydrogen-bond donors (Lipinski definition) is 1. The summed E-state index contributed by atoms with van der Waals surface area (Å²) in [6.07, 6.45) is -3.11. The van der Waals surface area contributed by atoms with Crippen LogP contribution in [0.25, 0.3) is 0 Å². The molecule has 0 aliphatic rings. The van der Waals surface area contributed by atoms with Crippen LogP contribution in [0.4, 0.5) is 18.9 Å². The SMILES string of the molecule is CCCCN(CC(F)(F)F)C(=O)C(C)c1cccc(N)c1. The van der Waals surface area contributed by atoms with E-state index in [1.54, 1.807) is 31.2 Å². The van der Waals surface area contributed by atoms with Crippen LogP contribution in [-0.2, 0) is 4.79 Å². The number of nitrogens with zero attached hydrogens (tertiary/aromatic N) is 1. The lowest BCUT2D eigenvalue weighted by molar-refractivity contribution is -0.162. The van der Waals surface area contributed by atoms with E-state index in [0.717, 1.165) is 11.3 Å². The third kappa shape index (κ3) is 5.65. The topological polar surface area (TPSA) is 46.3 Å². The van der Waals surface area contributed by atoms with Crippen LogP contribution in [0.5, 0.6) is 0 Å². The van der Waals surface area contributed by atoms with E-state index < -0.39 is 24.5 Å². The Hall–Kier alpha value is -1.72. The van der Waals surface area contributed by atoms with Gasteiger partial charge in [0.2, 0.25) is 5.91 Å². The average molecular weight is 302 g/mol. The molecule has 118 valence electrons. The highest BCUT2D eigenvalue weighted by Gasteiger charge is 2.34. The zero-order valence-electron chi connectivity index (χ0n) is 12.3.